The molecule has 0 amide bonds. The second kappa shape index (κ2) is 10.5. The van der Waals surface area contributed by atoms with E-state index in [1.807, 2.05) is 30.3 Å². The van der Waals surface area contributed by atoms with Gasteiger partial charge in [-0.15, -0.1) is 0 Å². The highest BCUT2D eigenvalue weighted by Crippen LogP contribution is 2.34. The minimum absolute atomic E-state index is 0.421. The summed E-state index contributed by atoms with van der Waals surface area (Å²) >= 11 is 6.40. The van der Waals surface area contributed by atoms with Crippen molar-refractivity contribution in [1.82, 2.24) is 0 Å². The maximum Gasteiger partial charge on any atom is 0.119 e. The second-order valence-electron chi connectivity index (χ2n) is 8.34. The Hall–Kier alpha value is -1.71. The average Bonchev–Trinajstić information content (AvgIpc) is 3.63. The molecule has 2 aliphatic rings. The molecule has 1 aliphatic heterocycles. The van der Waals surface area contributed by atoms with Gasteiger partial charge in [0.15, 0.2) is 0 Å². The van der Waals surface area contributed by atoms with Crippen LogP contribution in [0.2, 0.25) is 5.02 Å². The normalized spacial score (nSPS) is 28.0. The van der Waals surface area contributed by atoms with Crippen molar-refractivity contribution >= 4 is 11.6 Å². The van der Waals surface area contributed by atoms with Crippen LogP contribution in [0.25, 0.3) is 0 Å². The van der Waals surface area contributed by atoms with Crippen LogP contribution in [0.15, 0.2) is 42.5 Å². The van der Waals surface area contributed by atoms with E-state index in [-0.39, 0.29) is 0 Å². The van der Waals surface area contributed by atoms with Crippen molar-refractivity contribution < 1.29 is 34.6 Å². The highest BCUT2D eigenvalue weighted by Gasteiger charge is 2.44. The van der Waals surface area contributed by atoms with E-state index in [9.17, 15) is 20.4 Å². The van der Waals surface area contributed by atoms with E-state index in [1.165, 1.54) is 0 Å². The van der Waals surface area contributed by atoms with Gasteiger partial charge in [-0.1, -0.05) is 35.9 Å². The van der Waals surface area contributed by atoms with E-state index in [4.69, 9.17) is 25.8 Å². The second-order valence-corrected chi connectivity index (χ2v) is 8.75. The van der Waals surface area contributed by atoms with Gasteiger partial charge in [-0.3, -0.25) is 0 Å². The Balaban J connectivity index is 1.41. The highest BCUT2D eigenvalue weighted by atomic mass is 35.5. The molecule has 0 unspecified atom stereocenters. The molecule has 0 bridgehead atoms. The first-order valence-corrected chi connectivity index (χ1v) is 11.3. The first kappa shape index (κ1) is 23.4. The molecule has 4 rings (SSSR count). The maximum atomic E-state index is 10.4. The number of rotatable bonds is 9. The molecule has 8 heteroatoms. The lowest BCUT2D eigenvalue weighted by molar-refractivity contribution is -0.231. The molecule has 7 nitrogen and oxygen atoms in total. The lowest BCUT2D eigenvalue weighted by Crippen LogP contribution is -2.55. The van der Waals surface area contributed by atoms with Crippen LogP contribution in [0.3, 0.4) is 0 Å². The summed E-state index contributed by atoms with van der Waals surface area (Å²) < 4.78 is 16.9. The summed E-state index contributed by atoms with van der Waals surface area (Å²) in [4.78, 5) is 0. The number of hydrogen-bond acceptors (Lipinski definition) is 7. The molecule has 32 heavy (non-hydrogen) atoms. The zero-order valence-electron chi connectivity index (χ0n) is 17.6. The summed E-state index contributed by atoms with van der Waals surface area (Å²) in [5.41, 5.74) is 2.46. The zero-order chi connectivity index (χ0) is 22.7. The molecule has 0 spiro atoms. The SMILES string of the molecule is OC[C@@H]1O[C@H](c2ccc(Cl)c(Cc3ccc(OCCOC4CC4)cc3)c2)[C@@H](O)[C@H](O)[C@H]1O. The minimum Gasteiger partial charge on any atom is -0.491 e. The molecule has 1 saturated heterocycles. The molecule has 2 aromatic carbocycles. The van der Waals surface area contributed by atoms with Crippen LogP contribution in [-0.2, 0) is 15.9 Å². The fourth-order valence-electron chi connectivity index (χ4n) is 3.82. The van der Waals surface area contributed by atoms with E-state index >= 15 is 0 Å². The van der Waals surface area contributed by atoms with Crippen LogP contribution in [0.1, 0.15) is 35.6 Å². The van der Waals surface area contributed by atoms with Gasteiger partial charge in [0.1, 0.15) is 42.9 Å². The lowest BCUT2D eigenvalue weighted by atomic mass is 9.90. The van der Waals surface area contributed by atoms with Crippen LogP contribution in [0.5, 0.6) is 5.75 Å². The lowest BCUT2D eigenvalue weighted by Gasteiger charge is -2.40. The monoisotopic (exact) mass is 464 g/mol. The fraction of sp³-hybridized carbons (Fsp3) is 0.500. The first-order valence-electron chi connectivity index (χ1n) is 10.9. The Bertz CT molecular complexity index is 884. The molecule has 1 heterocycles. The fourth-order valence-corrected chi connectivity index (χ4v) is 4.00. The van der Waals surface area contributed by atoms with E-state index in [1.54, 1.807) is 12.1 Å². The van der Waals surface area contributed by atoms with Crippen molar-refractivity contribution in [1.29, 1.82) is 0 Å². The Morgan fingerprint density at radius 3 is 2.38 bits per heavy atom. The van der Waals surface area contributed by atoms with Crippen molar-refractivity contribution in [2.75, 3.05) is 19.8 Å². The largest absolute Gasteiger partial charge is 0.491 e. The van der Waals surface area contributed by atoms with Crippen LogP contribution < -0.4 is 4.74 Å². The summed E-state index contributed by atoms with van der Waals surface area (Å²) in [5.74, 6) is 0.773. The van der Waals surface area contributed by atoms with Crippen LogP contribution in [-0.4, -0.2) is 70.8 Å². The van der Waals surface area contributed by atoms with Gasteiger partial charge >= 0.3 is 0 Å². The van der Waals surface area contributed by atoms with E-state index < -0.39 is 37.1 Å². The molecule has 5 atom stereocenters. The van der Waals surface area contributed by atoms with Crippen molar-refractivity contribution in [2.45, 2.75) is 55.9 Å². The number of halogens is 1. The van der Waals surface area contributed by atoms with Crippen LogP contribution >= 0.6 is 11.6 Å². The van der Waals surface area contributed by atoms with Gasteiger partial charge in [-0.25, -0.2) is 0 Å². The van der Waals surface area contributed by atoms with Gasteiger partial charge < -0.3 is 34.6 Å². The number of hydrogen-bond donors (Lipinski definition) is 4. The van der Waals surface area contributed by atoms with Crippen molar-refractivity contribution in [2.24, 2.45) is 0 Å². The summed E-state index contributed by atoms with van der Waals surface area (Å²) in [6.07, 6.45) is -2.73. The predicted octanol–water partition coefficient (Wildman–Crippen LogP) is 2.00. The number of ether oxygens (including phenoxy) is 3. The van der Waals surface area contributed by atoms with Crippen molar-refractivity contribution in [3.05, 3.63) is 64.2 Å². The molecule has 0 aromatic heterocycles. The number of aliphatic hydroxyl groups excluding tert-OH is 4. The van der Waals surface area contributed by atoms with E-state index in [0.29, 0.717) is 36.3 Å². The molecule has 1 saturated carbocycles. The first-order chi connectivity index (χ1) is 15.5. The highest BCUT2D eigenvalue weighted by molar-refractivity contribution is 6.31. The van der Waals surface area contributed by atoms with Gasteiger partial charge in [0, 0.05) is 5.02 Å². The quantitative estimate of drug-likeness (QED) is 0.420. The molecule has 174 valence electrons. The Morgan fingerprint density at radius 1 is 0.938 bits per heavy atom. The Morgan fingerprint density at radius 2 is 1.69 bits per heavy atom. The molecule has 4 N–H and O–H groups in total. The molecule has 2 fully saturated rings. The van der Waals surface area contributed by atoms with Gasteiger partial charge in [0.05, 0.1) is 19.3 Å². The smallest absolute Gasteiger partial charge is 0.119 e. The van der Waals surface area contributed by atoms with Gasteiger partial charge in [0.2, 0.25) is 0 Å². The molecular formula is C24H29ClO7. The Kier molecular flexibility index (Phi) is 7.68. The minimum atomic E-state index is -1.42. The maximum absolute atomic E-state index is 10.4. The number of aliphatic hydroxyl groups is 4. The van der Waals surface area contributed by atoms with Crippen molar-refractivity contribution in [3.8, 4) is 5.75 Å². The molecule has 0 radical (unpaired) electrons. The van der Waals surface area contributed by atoms with Gasteiger partial charge in [-0.05, 0) is 54.2 Å². The topological polar surface area (TPSA) is 109 Å². The third-order valence-electron chi connectivity index (χ3n) is 5.84. The van der Waals surface area contributed by atoms with Crippen LogP contribution in [0, 0.1) is 0 Å². The molecule has 1 aliphatic carbocycles. The van der Waals surface area contributed by atoms with Gasteiger partial charge in [0.25, 0.3) is 0 Å². The summed E-state index contributed by atoms with van der Waals surface area (Å²) in [7, 11) is 0. The summed E-state index contributed by atoms with van der Waals surface area (Å²) in [5, 5.41) is 40.5. The third-order valence-corrected chi connectivity index (χ3v) is 6.21. The van der Waals surface area contributed by atoms with E-state index in [2.05, 4.69) is 0 Å². The molecule has 2 aromatic rings. The molecular weight excluding hydrogens is 436 g/mol. The van der Waals surface area contributed by atoms with Crippen molar-refractivity contribution in [3.63, 3.8) is 0 Å². The van der Waals surface area contributed by atoms with Gasteiger partial charge in [-0.2, -0.15) is 0 Å². The Labute approximate surface area is 192 Å². The van der Waals surface area contributed by atoms with E-state index in [0.717, 1.165) is 29.7 Å². The zero-order valence-corrected chi connectivity index (χ0v) is 18.4. The predicted molar refractivity (Wildman–Crippen MR) is 118 cm³/mol. The average molecular weight is 465 g/mol. The summed E-state index contributed by atoms with van der Waals surface area (Å²) in [6, 6.07) is 13.0. The summed E-state index contributed by atoms with van der Waals surface area (Å²) in [6.45, 7) is 0.638. The third kappa shape index (κ3) is 5.61. The van der Waals surface area contributed by atoms with Crippen LogP contribution in [0.4, 0.5) is 0 Å². The number of benzene rings is 2. The standard InChI is InChI=1S/C24H29ClO7/c25-19-8-3-15(24-23(29)22(28)21(27)20(13-26)32-24)12-16(19)11-14-1-4-17(5-2-14)30-9-10-31-18-6-7-18/h1-5,8,12,18,20-24,26-29H,6-7,9-11,13H2/t20-,21-,22+,23-,24+/m0/s1.